The third kappa shape index (κ3) is 39.9. The molecule has 0 saturated carbocycles. The molecular weight excluding hydrogens is 627 g/mol. The fraction of sp³-hybridized carbons (Fsp3) is 0.894. The molecule has 0 aromatic rings. The normalized spacial score (nSPS) is 13.1. The average Bonchev–Trinajstić information content (AvgIpc) is 3.13. The average molecular weight is 718 g/mol. The van der Waals surface area contributed by atoms with Gasteiger partial charge in [0.1, 0.15) is 0 Å². The van der Waals surface area contributed by atoms with E-state index in [1.54, 1.807) is 6.08 Å². The Balaban J connectivity index is 3.54. The Kier molecular flexibility index (Phi) is 42.3. The molecule has 0 rings (SSSR count). The van der Waals surface area contributed by atoms with E-state index in [0.29, 0.717) is 6.42 Å². The van der Waals surface area contributed by atoms with Crippen molar-refractivity contribution in [2.75, 3.05) is 6.61 Å². The molecule has 0 bridgehead atoms. The number of carbonyl (C=O) groups is 1. The Labute approximate surface area is 319 Å². The Bertz CT molecular complexity index is 735. The number of hydrogen-bond donors (Lipinski definition) is 3. The molecule has 0 aromatic carbocycles. The van der Waals surface area contributed by atoms with E-state index >= 15 is 0 Å². The molecule has 0 heterocycles. The molecule has 2 atom stereocenters. The highest BCUT2D eigenvalue weighted by molar-refractivity contribution is 5.76. The van der Waals surface area contributed by atoms with E-state index < -0.39 is 12.1 Å². The molecule has 0 saturated heterocycles. The maximum Gasteiger partial charge on any atom is 0.220 e. The molecule has 4 nitrogen and oxygen atoms in total. The van der Waals surface area contributed by atoms with Crippen LogP contribution in [0, 0.1) is 0 Å². The zero-order valence-corrected chi connectivity index (χ0v) is 34.6. The summed E-state index contributed by atoms with van der Waals surface area (Å²) in [6.45, 7) is 4.32. The van der Waals surface area contributed by atoms with E-state index in [1.807, 2.05) is 6.08 Å². The van der Waals surface area contributed by atoms with Crippen LogP contribution in [0.1, 0.15) is 251 Å². The predicted molar refractivity (Wildman–Crippen MR) is 225 cm³/mol. The van der Waals surface area contributed by atoms with Crippen LogP contribution in [-0.2, 0) is 4.79 Å². The van der Waals surface area contributed by atoms with Crippen LogP contribution in [0.4, 0.5) is 0 Å². The number of aliphatic hydroxyl groups excluding tert-OH is 2. The van der Waals surface area contributed by atoms with Gasteiger partial charge < -0.3 is 15.5 Å². The summed E-state index contributed by atoms with van der Waals surface area (Å²) < 4.78 is 0. The minimum Gasteiger partial charge on any atom is -0.394 e. The molecule has 302 valence electrons. The highest BCUT2D eigenvalue weighted by atomic mass is 16.3. The van der Waals surface area contributed by atoms with E-state index in [4.69, 9.17) is 0 Å². The highest BCUT2D eigenvalue weighted by Crippen LogP contribution is 2.15. The molecular formula is C47H91NO3. The second kappa shape index (κ2) is 43.3. The predicted octanol–water partition coefficient (Wildman–Crippen LogP) is 14.4. The van der Waals surface area contributed by atoms with Crippen molar-refractivity contribution >= 4 is 5.91 Å². The first-order valence-corrected chi connectivity index (χ1v) is 23.1. The van der Waals surface area contributed by atoms with Gasteiger partial charge in [-0.2, -0.15) is 0 Å². The van der Waals surface area contributed by atoms with Crippen LogP contribution in [0.5, 0.6) is 0 Å². The minimum atomic E-state index is -0.838. The largest absolute Gasteiger partial charge is 0.394 e. The molecule has 0 aliphatic carbocycles. The van der Waals surface area contributed by atoms with Gasteiger partial charge in [-0.05, 0) is 44.9 Å². The van der Waals surface area contributed by atoms with Gasteiger partial charge in [0.05, 0.1) is 18.8 Å². The number of carbonyl (C=O) groups excluding carboxylic acids is 1. The van der Waals surface area contributed by atoms with Crippen molar-refractivity contribution in [1.29, 1.82) is 0 Å². The molecule has 2 unspecified atom stereocenters. The second-order valence-electron chi connectivity index (χ2n) is 15.8. The van der Waals surface area contributed by atoms with Gasteiger partial charge in [-0.25, -0.2) is 0 Å². The second-order valence-corrected chi connectivity index (χ2v) is 15.8. The van der Waals surface area contributed by atoms with Crippen molar-refractivity contribution in [1.82, 2.24) is 5.32 Å². The van der Waals surface area contributed by atoms with E-state index in [9.17, 15) is 15.0 Å². The van der Waals surface area contributed by atoms with Crippen molar-refractivity contribution < 1.29 is 15.0 Å². The van der Waals surface area contributed by atoms with Gasteiger partial charge in [-0.3, -0.25) is 4.79 Å². The minimum absolute atomic E-state index is 0.0659. The lowest BCUT2D eigenvalue weighted by molar-refractivity contribution is -0.123. The number of amides is 1. The van der Waals surface area contributed by atoms with Gasteiger partial charge in [0.15, 0.2) is 0 Å². The first-order chi connectivity index (χ1) is 25.2. The number of rotatable bonds is 42. The molecule has 51 heavy (non-hydrogen) atoms. The summed E-state index contributed by atoms with van der Waals surface area (Å²) in [5, 5.41) is 23.0. The molecule has 0 aromatic heterocycles. The zero-order chi connectivity index (χ0) is 37.1. The molecule has 4 heteroatoms. The summed E-state index contributed by atoms with van der Waals surface area (Å²) in [6.07, 6.45) is 55.8. The maximum atomic E-state index is 12.4. The Morgan fingerprint density at radius 2 is 0.745 bits per heavy atom. The van der Waals surface area contributed by atoms with Gasteiger partial charge in [-0.15, -0.1) is 0 Å². The van der Waals surface area contributed by atoms with Gasteiger partial charge >= 0.3 is 0 Å². The fourth-order valence-corrected chi connectivity index (χ4v) is 7.11. The molecule has 0 aliphatic rings. The Morgan fingerprint density at radius 1 is 0.451 bits per heavy atom. The van der Waals surface area contributed by atoms with Crippen molar-refractivity contribution in [2.45, 2.75) is 264 Å². The topological polar surface area (TPSA) is 69.6 Å². The molecule has 0 radical (unpaired) electrons. The quantitative estimate of drug-likeness (QED) is 0.0435. The van der Waals surface area contributed by atoms with Crippen LogP contribution in [-0.4, -0.2) is 34.9 Å². The van der Waals surface area contributed by atoms with E-state index in [0.717, 1.165) is 25.7 Å². The van der Waals surface area contributed by atoms with Crippen LogP contribution >= 0.6 is 0 Å². The molecule has 1 amide bonds. The first kappa shape index (κ1) is 49.9. The van der Waals surface area contributed by atoms with Crippen molar-refractivity contribution in [3.8, 4) is 0 Å². The van der Waals surface area contributed by atoms with Crippen molar-refractivity contribution in [3.63, 3.8) is 0 Å². The number of unbranched alkanes of at least 4 members (excludes halogenated alkanes) is 33. The third-order valence-electron chi connectivity index (χ3n) is 10.7. The molecule has 0 spiro atoms. The lowest BCUT2D eigenvalue weighted by atomic mass is 10.0. The number of hydrogen-bond acceptors (Lipinski definition) is 3. The third-order valence-corrected chi connectivity index (χ3v) is 10.7. The highest BCUT2D eigenvalue weighted by Gasteiger charge is 2.17. The molecule has 0 fully saturated rings. The van der Waals surface area contributed by atoms with Crippen LogP contribution in [0.15, 0.2) is 24.3 Å². The smallest absolute Gasteiger partial charge is 0.220 e. The standard InChI is InChI=1S/C47H91NO3/c1-3-5-7-9-11-13-15-17-19-21-22-23-24-25-27-29-31-33-35-37-39-41-43-47(51)48-45(44-49)46(50)42-40-38-36-34-32-30-28-26-20-18-16-14-12-10-8-6-4-2/h24-25,40,42,45-46,49-50H,3-23,26-39,41,43-44H2,1-2H3,(H,48,51)/b25-24-,42-40+. The lowest BCUT2D eigenvalue weighted by Crippen LogP contribution is -2.45. The van der Waals surface area contributed by atoms with E-state index in [2.05, 4.69) is 31.3 Å². The summed E-state index contributed by atoms with van der Waals surface area (Å²) in [4.78, 5) is 12.4. The molecule has 3 N–H and O–H groups in total. The monoisotopic (exact) mass is 718 g/mol. The fourth-order valence-electron chi connectivity index (χ4n) is 7.11. The SMILES string of the molecule is CCCCCCCCCCCCC/C=C\CCCCCCCCCC(=O)NC(CO)C(O)/C=C/CCCCCCCCCCCCCCCCC. The van der Waals surface area contributed by atoms with Gasteiger partial charge in [0.25, 0.3) is 0 Å². The van der Waals surface area contributed by atoms with E-state index in [-0.39, 0.29) is 12.5 Å². The van der Waals surface area contributed by atoms with Crippen molar-refractivity contribution in [3.05, 3.63) is 24.3 Å². The van der Waals surface area contributed by atoms with E-state index in [1.165, 1.54) is 205 Å². The van der Waals surface area contributed by atoms with Crippen LogP contribution in [0.3, 0.4) is 0 Å². The van der Waals surface area contributed by atoms with Gasteiger partial charge in [-0.1, -0.05) is 224 Å². The number of allylic oxidation sites excluding steroid dienone is 3. The Morgan fingerprint density at radius 3 is 1.08 bits per heavy atom. The van der Waals surface area contributed by atoms with Crippen LogP contribution in [0.2, 0.25) is 0 Å². The maximum absolute atomic E-state index is 12.4. The van der Waals surface area contributed by atoms with Gasteiger partial charge in [0.2, 0.25) is 5.91 Å². The van der Waals surface area contributed by atoms with Crippen molar-refractivity contribution in [2.24, 2.45) is 0 Å². The molecule has 0 aliphatic heterocycles. The first-order valence-electron chi connectivity index (χ1n) is 23.1. The number of aliphatic hydroxyl groups is 2. The summed E-state index contributed by atoms with van der Waals surface area (Å²) in [5.41, 5.74) is 0. The lowest BCUT2D eigenvalue weighted by Gasteiger charge is -2.20. The summed E-state index contributed by atoms with van der Waals surface area (Å²) >= 11 is 0. The van der Waals surface area contributed by atoms with Crippen LogP contribution in [0.25, 0.3) is 0 Å². The number of nitrogens with one attached hydrogen (secondary N) is 1. The van der Waals surface area contributed by atoms with Crippen LogP contribution < -0.4 is 5.32 Å². The zero-order valence-electron chi connectivity index (χ0n) is 34.6. The summed E-state index contributed by atoms with van der Waals surface area (Å²) in [7, 11) is 0. The van der Waals surface area contributed by atoms with Gasteiger partial charge in [0, 0.05) is 6.42 Å². The summed E-state index contributed by atoms with van der Waals surface area (Å²) in [5.74, 6) is -0.0659. The summed E-state index contributed by atoms with van der Waals surface area (Å²) in [6, 6.07) is -0.622. The Hall–Kier alpha value is -1.13.